The van der Waals surface area contributed by atoms with E-state index in [4.69, 9.17) is 14.2 Å². The molecular formula is C22H28N2O5S. The lowest BCUT2D eigenvalue weighted by Gasteiger charge is -2.26. The van der Waals surface area contributed by atoms with Crippen molar-refractivity contribution >= 4 is 10.0 Å². The van der Waals surface area contributed by atoms with Gasteiger partial charge in [-0.1, -0.05) is 12.1 Å². The Hall–Kier alpha value is -2.13. The summed E-state index contributed by atoms with van der Waals surface area (Å²) in [5.41, 5.74) is 3.23. The molecule has 2 aliphatic rings. The number of morpholine rings is 1. The smallest absolute Gasteiger partial charge is 0.243 e. The number of hydrogen-bond acceptors (Lipinski definition) is 6. The van der Waals surface area contributed by atoms with Crippen molar-refractivity contribution < 1.29 is 22.6 Å². The van der Waals surface area contributed by atoms with Crippen molar-refractivity contribution in [3.05, 3.63) is 53.1 Å². The average Bonchev–Trinajstić information content (AvgIpc) is 3.13. The first-order valence-corrected chi connectivity index (χ1v) is 11.7. The van der Waals surface area contributed by atoms with Crippen LogP contribution in [0.1, 0.15) is 23.6 Å². The summed E-state index contributed by atoms with van der Waals surface area (Å²) in [4.78, 5) is 0.319. The maximum absolute atomic E-state index is 12.7. The van der Waals surface area contributed by atoms with Crippen LogP contribution in [0.2, 0.25) is 0 Å². The Morgan fingerprint density at radius 2 is 1.87 bits per heavy atom. The Morgan fingerprint density at radius 1 is 1.13 bits per heavy atom. The summed E-state index contributed by atoms with van der Waals surface area (Å²) in [6.45, 7) is 4.99. The van der Waals surface area contributed by atoms with Crippen LogP contribution in [0, 0.1) is 0 Å². The molecule has 7 nitrogen and oxygen atoms in total. The van der Waals surface area contributed by atoms with Gasteiger partial charge < -0.3 is 19.5 Å². The normalized spacial score (nSPS) is 19.3. The molecule has 1 fully saturated rings. The van der Waals surface area contributed by atoms with Gasteiger partial charge >= 0.3 is 0 Å². The minimum absolute atomic E-state index is 0.195. The molecular weight excluding hydrogens is 404 g/mol. The van der Waals surface area contributed by atoms with Crippen LogP contribution in [-0.4, -0.2) is 52.2 Å². The Morgan fingerprint density at radius 3 is 2.57 bits per heavy atom. The largest absolute Gasteiger partial charge is 0.496 e. The molecule has 1 saturated heterocycles. The Kier molecular flexibility index (Phi) is 6.29. The van der Waals surface area contributed by atoms with Crippen LogP contribution in [0.15, 0.2) is 41.3 Å². The molecule has 0 aromatic heterocycles. The van der Waals surface area contributed by atoms with Crippen molar-refractivity contribution in [2.45, 2.75) is 37.4 Å². The van der Waals surface area contributed by atoms with Gasteiger partial charge in [0.1, 0.15) is 17.6 Å². The molecule has 0 amide bonds. The highest BCUT2D eigenvalue weighted by atomic mass is 32.2. The maximum atomic E-state index is 12.7. The van der Waals surface area contributed by atoms with Crippen LogP contribution < -0.4 is 14.8 Å². The highest BCUT2D eigenvalue weighted by Gasteiger charge is 2.26. The first kappa shape index (κ1) is 21.1. The summed E-state index contributed by atoms with van der Waals surface area (Å²) >= 11 is 0. The molecule has 162 valence electrons. The molecule has 0 saturated carbocycles. The standard InChI is InChI=1S/C22H28N2O5S/c1-16-11-18-12-21(27-2)19(13-22(18)29-16)15-23-14-17-3-5-20(6-4-17)30(25,26)24-7-9-28-10-8-24/h3-6,12-13,16,23H,7-11,14-15H2,1-2H3/t16-/m0/s1. The van der Waals surface area contributed by atoms with Crippen molar-refractivity contribution in [1.29, 1.82) is 0 Å². The zero-order valence-corrected chi connectivity index (χ0v) is 18.2. The number of nitrogens with zero attached hydrogens (tertiary/aromatic N) is 1. The van der Waals surface area contributed by atoms with Crippen molar-refractivity contribution in [2.24, 2.45) is 0 Å². The first-order valence-electron chi connectivity index (χ1n) is 10.2. The maximum Gasteiger partial charge on any atom is 0.243 e. The van der Waals surface area contributed by atoms with E-state index in [2.05, 4.69) is 18.3 Å². The lowest BCUT2D eigenvalue weighted by atomic mass is 10.1. The number of hydrogen-bond donors (Lipinski definition) is 1. The summed E-state index contributed by atoms with van der Waals surface area (Å²) < 4.78 is 43.5. The van der Waals surface area contributed by atoms with E-state index in [-0.39, 0.29) is 6.10 Å². The van der Waals surface area contributed by atoms with Gasteiger partial charge in [0.05, 0.1) is 25.2 Å². The molecule has 0 radical (unpaired) electrons. The van der Waals surface area contributed by atoms with Crippen LogP contribution in [-0.2, 0) is 34.3 Å². The topological polar surface area (TPSA) is 77.1 Å². The molecule has 30 heavy (non-hydrogen) atoms. The second-order valence-corrected chi connectivity index (χ2v) is 9.61. The molecule has 0 spiro atoms. The molecule has 1 atom stereocenters. The molecule has 0 bridgehead atoms. The number of fused-ring (bicyclic) bond motifs is 1. The highest BCUT2D eigenvalue weighted by molar-refractivity contribution is 7.89. The van der Waals surface area contributed by atoms with E-state index in [1.54, 1.807) is 19.2 Å². The van der Waals surface area contributed by atoms with Gasteiger partial charge in [0.15, 0.2) is 0 Å². The predicted octanol–water partition coefficient (Wildman–Crippen LogP) is 2.33. The lowest BCUT2D eigenvalue weighted by Crippen LogP contribution is -2.40. The zero-order valence-electron chi connectivity index (χ0n) is 17.4. The lowest BCUT2D eigenvalue weighted by molar-refractivity contribution is 0.0730. The summed E-state index contributed by atoms with van der Waals surface area (Å²) in [7, 11) is -1.78. The van der Waals surface area contributed by atoms with Crippen LogP contribution in [0.3, 0.4) is 0 Å². The monoisotopic (exact) mass is 432 g/mol. The first-order chi connectivity index (χ1) is 14.5. The molecule has 0 aliphatic carbocycles. The van der Waals surface area contributed by atoms with Gasteiger partial charge in [-0.25, -0.2) is 8.42 Å². The molecule has 2 aromatic carbocycles. The predicted molar refractivity (Wildman–Crippen MR) is 113 cm³/mol. The number of sulfonamides is 1. The SMILES string of the molecule is COc1cc2c(cc1CNCc1ccc(S(=O)(=O)N3CCOCC3)cc1)O[C@@H](C)C2. The van der Waals surface area contributed by atoms with E-state index >= 15 is 0 Å². The quantitative estimate of drug-likeness (QED) is 0.724. The number of benzene rings is 2. The van der Waals surface area contributed by atoms with Gasteiger partial charge in [-0.05, 0) is 36.8 Å². The number of nitrogens with one attached hydrogen (secondary N) is 1. The molecule has 1 N–H and O–H groups in total. The van der Waals surface area contributed by atoms with Gasteiger partial charge in [0.2, 0.25) is 10.0 Å². The summed E-state index contributed by atoms with van der Waals surface area (Å²) in [6, 6.07) is 11.2. The third kappa shape index (κ3) is 4.46. The minimum atomic E-state index is -3.46. The van der Waals surface area contributed by atoms with E-state index in [9.17, 15) is 8.42 Å². The van der Waals surface area contributed by atoms with E-state index < -0.39 is 10.0 Å². The number of rotatable bonds is 7. The fourth-order valence-corrected chi connectivity index (χ4v) is 5.27. The summed E-state index contributed by atoms with van der Waals surface area (Å²) in [5, 5.41) is 3.40. The van der Waals surface area contributed by atoms with Crippen LogP contribution >= 0.6 is 0 Å². The number of methoxy groups -OCH3 is 1. The fraction of sp³-hybridized carbons (Fsp3) is 0.455. The molecule has 2 heterocycles. The van der Waals surface area contributed by atoms with Crippen LogP contribution in [0.25, 0.3) is 0 Å². The van der Waals surface area contributed by atoms with Crippen molar-refractivity contribution in [2.75, 3.05) is 33.4 Å². The van der Waals surface area contributed by atoms with E-state index in [0.29, 0.717) is 44.3 Å². The van der Waals surface area contributed by atoms with Crippen molar-refractivity contribution in [3.63, 3.8) is 0 Å². The third-order valence-electron chi connectivity index (χ3n) is 5.47. The average molecular weight is 433 g/mol. The Bertz CT molecular complexity index is 985. The van der Waals surface area contributed by atoms with Crippen molar-refractivity contribution in [1.82, 2.24) is 9.62 Å². The highest BCUT2D eigenvalue weighted by Crippen LogP contribution is 2.35. The van der Waals surface area contributed by atoms with Crippen LogP contribution in [0.5, 0.6) is 11.5 Å². The summed E-state index contributed by atoms with van der Waals surface area (Å²) in [6.07, 6.45) is 1.10. The third-order valence-corrected chi connectivity index (χ3v) is 7.39. The van der Waals surface area contributed by atoms with E-state index in [1.807, 2.05) is 18.2 Å². The molecule has 2 aromatic rings. The Balaban J connectivity index is 1.38. The van der Waals surface area contributed by atoms with Gasteiger partial charge in [0.25, 0.3) is 0 Å². The fourth-order valence-electron chi connectivity index (χ4n) is 3.87. The molecule has 2 aliphatic heterocycles. The second kappa shape index (κ2) is 8.93. The molecule has 8 heteroatoms. The molecule has 0 unspecified atom stereocenters. The number of ether oxygens (including phenoxy) is 3. The van der Waals surface area contributed by atoms with E-state index in [0.717, 1.165) is 29.0 Å². The molecule has 4 rings (SSSR count). The Labute approximate surface area is 178 Å². The minimum Gasteiger partial charge on any atom is -0.496 e. The van der Waals surface area contributed by atoms with Gasteiger partial charge in [-0.3, -0.25) is 0 Å². The van der Waals surface area contributed by atoms with Crippen molar-refractivity contribution in [3.8, 4) is 11.5 Å². The van der Waals surface area contributed by atoms with Gasteiger partial charge in [0, 0.05) is 43.7 Å². The summed E-state index contributed by atoms with van der Waals surface area (Å²) in [5.74, 6) is 1.78. The van der Waals surface area contributed by atoms with E-state index in [1.165, 1.54) is 9.87 Å². The van der Waals surface area contributed by atoms with Gasteiger partial charge in [-0.15, -0.1) is 0 Å². The van der Waals surface area contributed by atoms with Crippen LogP contribution in [0.4, 0.5) is 0 Å². The zero-order chi connectivity index (χ0) is 21.1. The van der Waals surface area contributed by atoms with Gasteiger partial charge in [-0.2, -0.15) is 4.31 Å². The second-order valence-electron chi connectivity index (χ2n) is 7.67.